The van der Waals surface area contributed by atoms with Crippen molar-refractivity contribution in [3.63, 3.8) is 0 Å². The molecule has 2 rings (SSSR count). The molecule has 8 nitrogen and oxygen atoms in total. The number of anilines is 1. The Morgan fingerprint density at radius 2 is 2.00 bits per heavy atom. The molecule has 72 valence electrons. The van der Waals surface area contributed by atoms with Gasteiger partial charge in [0.25, 0.3) is 11.5 Å². The minimum Gasteiger partial charge on any atom is -0.369 e. The number of hydrogen-bond donors (Lipinski definition) is 4. The largest absolute Gasteiger partial charge is 0.369 e. The number of carbonyl (C=O) groups is 1. The number of aromatic nitrogens is 4. The second kappa shape index (κ2) is 2.55. The maximum Gasteiger partial charge on any atom is 0.284 e. The fraction of sp³-hybridized carbons (Fsp3) is 0. The van der Waals surface area contributed by atoms with E-state index in [-0.39, 0.29) is 22.9 Å². The van der Waals surface area contributed by atoms with Gasteiger partial charge in [-0.2, -0.15) is 4.98 Å². The van der Waals surface area contributed by atoms with Crippen LogP contribution in [-0.2, 0) is 0 Å². The van der Waals surface area contributed by atoms with E-state index >= 15 is 0 Å². The van der Waals surface area contributed by atoms with Crippen LogP contribution in [0.4, 0.5) is 5.95 Å². The van der Waals surface area contributed by atoms with Gasteiger partial charge in [0, 0.05) is 0 Å². The van der Waals surface area contributed by atoms with Gasteiger partial charge in [-0.3, -0.25) is 14.6 Å². The van der Waals surface area contributed by atoms with E-state index in [4.69, 9.17) is 11.5 Å². The number of nitrogens with zero attached hydrogens (tertiary/aromatic N) is 2. The predicted octanol–water partition coefficient (Wildman–Crippen LogP) is -1.67. The molecule has 2 aromatic rings. The zero-order chi connectivity index (χ0) is 10.3. The molecular weight excluding hydrogens is 188 g/mol. The average molecular weight is 194 g/mol. The molecule has 2 heterocycles. The second-order valence-corrected chi connectivity index (χ2v) is 2.60. The number of rotatable bonds is 1. The smallest absolute Gasteiger partial charge is 0.284 e. The molecule has 0 fully saturated rings. The summed E-state index contributed by atoms with van der Waals surface area (Å²) in [5.74, 6) is -0.949. The molecule has 0 aromatic carbocycles. The third-order valence-corrected chi connectivity index (χ3v) is 1.61. The number of nitrogen functional groups attached to an aromatic ring is 1. The molecule has 2 aromatic heterocycles. The van der Waals surface area contributed by atoms with Crippen LogP contribution in [0.25, 0.3) is 11.2 Å². The molecule has 0 aliphatic carbocycles. The van der Waals surface area contributed by atoms with Gasteiger partial charge < -0.3 is 16.5 Å². The highest BCUT2D eigenvalue weighted by Crippen LogP contribution is 2.03. The summed E-state index contributed by atoms with van der Waals surface area (Å²) in [5, 5.41) is 0. The zero-order valence-electron chi connectivity index (χ0n) is 6.87. The van der Waals surface area contributed by atoms with Gasteiger partial charge in [0.05, 0.1) is 0 Å². The molecule has 0 saturated heterocycles. The topological polar surface area (TPSA) is 144 Å². The van der Waals surface area contributed by atoms with Crippen molar-refractivity contribution >= 4 is 23.0 Å². The highest BCUT2D eigenvalue weighted by atomic mass is 16.1. The Morgan fingerprint density at radius 1 is 1.29 bits per heavy atom. The number of imidazole rings is 1. The fourth-order valence-electron chi connectivity index (χ4n) is 1.04. The van der Waals surface area contributed by atoms with Gasteiger partial charge in [0.2, 0.25) is 5.95 Å². The SMILES string of the molecule is NC(=O)c1nc2nc(N)[nH]c(=O)c2[nH]1. The van der Waals surface area contributed by atoms with Crippen LogP contribution in [0.5, 0.6) is 0 Å². The molecule has 8 heteroatoms. The van der Waals surface area contributed by atoms with Crippen LogP contribution in [0.2, 0.25) is 0 Å². The normalized spacial score (nSPS) is 10.6. The molecule has 0 radical (unpaired) electrons. The molecule has 0 aliphatic rings. The summed E-state index contributed by atoms with van der Waals surface area (Å²) < 4.78 is 0. The Hall–Kier alpha value is -2.38. The Morgan fingerprint density at radius 3 is 2.64 bits per heavy atom. The highest BCUT2D eigenvalue weighted by Gasteiger charge is 2.11. The molecule has 0 atom stereocenters. The number of hydrogen-bond acceptors (Lipinski definition) is 5. The fourth-order valence-corrected chi connectivity index (χ4v) is 1.04. The summed E-state index contributed by atoms with van der Waals surface area (Å²) in [6.45, 7) is 0. The first-order chi connectivity index (χ1) is 6.58. The summed E-state index contributed by atoms with van der Waals surface area (Å²) >= 11 is 0. The highest BCUT2D eigenvalue weighted by molar-refractivity contribution is 5.92. The lowest BCUT2D eigenvalue weighted by atomic mass is 10.5. The third kappa shape index (κ3) is 1.09. The van der Waals surface area contributed by atoms with Crippen LogP contribution in [0, 0.1) is 0 Å². The van der Waals surface area contributed by atoms with E-state index < -0.39 is 11.5 Å². The number of aromatic amines is 2. The Labute approximate surface area is 76.3 Å². The lowest BCUT2D eigenvalue weighted by Gasteiger charge is -1.89. The van der Waals surface area contributed by atoms with Crippen molar-refractivity contribution in [2.24, 2.45) is 5.73 Å². The second-order valence-electron chi connectivity index (χ2n) is 2.60. The van der Waals surface area contributed by atoms with E-state index in [1.807, 2.05) is 0 Å². The summed E-state index contributed by atoms with van der Waals surface area (Å²) in [6, 6.07) is 0. The van der Waals surface area contributed by atoms with Crippen LogP contribution >= 0.6 is 0 Å². The number of H-pyrrole nitrogens is 2. The van der Waals surface area contributed by atoms with E-state index in [1.165, 1.54) is 0 Å². The van der Waals surface area contributed by atoms with E-state index in [0.29, 0.717) is 0 Å². The zero-order valence-corrected chi connectivity index (χ0v) is 6.87. The van der Waals surface area contributed by atoms with E-state index in [1.54, 1.807) is 0 Å². The number of nitrogens with one attached hydrogen (secondary N) is 2. The summed E-state index contributed by atoms with van der Waals surface area (Å²) in [4.78, 5) is 34.1. The molecule has 0 bridgehead atoms. The lowest BCUT2D eigenvalue weighted by molar-refractivity contribution is 0.0991. The quantitative estimate of drug-likeness (QED) is 0.429. The standard InChI is InChI=1S/C6H6N6O2/c7-2(13)4-9-1-3(10-4)11-6(8)12-5(1)14/h(H2,7,13)(H4,8,9,10,11,12,14). The molecule has 6 N–H and O–H groups in total. The number of nitrogens with two attached hydrogens (primary N) is 2. The van der Waals surface area contributed by atoms with Crippen LogP contribution in [0.3, 0.4) is 0 Å². The monoisotopic (exact) mass is 194 g/mol. The van der Waals surface area contributed by atoms with Gasteiger partial charge in [0.15, 0.2) is 17.0 Å². The average Bonchev–Trinajstić information content (AvgIpc) is 2.47. The molecule has 14 heavy (non-hydrogen) atoms. The number of carbonyl (C=O) groups excluding carboxylic acids is 1. The number of fused-ring (bicyclic) bond motifs is 1. The summed E-state index contributed by atoms with van der Waals surface area (Å²) in [6.07, 6.45) is 0. The molecule has 0 saturated carbocycles. The Bertz CT molecular complexity index is 567. The van der Waals surface area contributed by atoms with Crippen LogP contribution < -0.4 is 17.0 Å². The van der Waals surface area contributed by atoms with E-state index in [9.17, 15) is 9.59 Å². The Kier molecular flexibility index (Phi) is 1.50. The van der Waals surface area contributed by atoms with Crippen molar-refractivity contribution in [2.75, 3.05) is 5.73 Å². The van der Waals surface area contributed by atoms with Gasteiger partial charge in [-0.05, 0) is 0 Å². The predicted molar refractivity (Wildman–Crippen MR) is 47.4 cm³/mol. The maximum absolute atomic E-state index is 11.2. The number of amides is 1. The van der Waals surface area contributed by atoms with E-state index in [2.05, 4.69) is 19.9 Å². The summed E-state index contributed by atoms with van der Waals surface area (Å²) in [5.41, 5.74) is 9.89. The minimum absolute atomic E-state index is 0.0648. The lowest BCUT2D eigenvalue weighted by Crippen LogP contribution is -2.13. The van der Waals surface area contributed by atoms with Crippen molar-refractivity contribution in [3.8, 4) is 0 Å². The first kappa shape index (κ1) is 8.23. The Balaban J connectivity index is 2.83. The van der Waals surface area contributed by atoms with Gasteiger partial charge >= 0.3 is 0 Å². The molecule has 0 unspecified atom stereocenters. The van der Waals surface area contributed by atoms with Gasteiger partial charge in [0.1, 0.15) is 0 Å². The van der Waals surface area contributed by atoms with Crippen molar-refractivity contribution in [3.05, 3.63) is 16.2 Å². The van der Waals surface area contributed by atoms with Crippen LogP contribution in [0.15, 0.2) is 4.79 Å². The first-order valence-corrected chi connectivity index (χ1v) is 3.63. The van der Waals surface area contributed by atoms with Crippen LogP contribution in [-0.4, -0.2) is 25.8 Å². The molecule has 0 aliphatic heterocycles. The minimum atomic E-state index is -0.763. The third-order valence-electron chi connectivity index (χ3n) is 1.61. The molecule has 0 spiro atoms. The molecular formula is C6H6N6O2. The first-order valence-electron chi connectivity index (χ1n) is 3.63. The van der Waals surface area contributed by atoms with Gasteiger partial charge in [-0.1, -0.05) is 0 Å². The van der Waals surface area contributed by atoms with Crippen molar-refractivity contribution in [1.29, 1.82) is 0 Å². The van der Waals surface area contributed by atoms with Crippen molar-refractivity contribution in [2.45, 2.75) is 0 Å². The number of primary amides is 1. The van der Waals surface area contributed by atoms with Crippen molar-refractivity contribution in [1.82, 2.24) is 19.9 Å². The maximum atomic E-state index is 11.2. The molecule has 1 amide bonds. The van der Waals surface area contributed by atoms with Gasteiger partial charge in [-0.25, -0.2) is 4.98 Å². The van der Waals surface area contributed by atoms with Gasteiger partial charge in [-0.15, -0.1) is 0 Å². The summed E-state index contributed by atoms with van der Waals surface area (Å²) in [7, 11) is 0. The van der Waals surface area contributed by atoms with Crippen molar-refractivity contribution < 1.29 is 4.79 Å². The van der Waals surface area contributed by atoms with E-state index in [0.717, 1.165) is 0 Å². The van der Waals surface area contributed by atoms with Crippen LogP contribution in [0.1, 0.15) is 10.6 Å².